The number of carbonyl (C=O) groups is 1. The molecule has 2 saturated heterocycles. The van der Waals surface area contributed by atoms with Gasteiger partial charge in [0, 0.05) is 49.2 Å². The summed E-state index contributed by atoms with van der Waals surface area (Å²) in [7, 11) is 0. The van der Waals surface area contributed by atoms with Crippen LogP contribution in [0.1, 0.15) is 28.8 Å². The maximum atomic E-state index is 13.2. The van der Waals surface area contributed by atoms with Crippen molar-refractivity contribution in [1.82, 2.24) is 14.7 Å². The van der Waals surface area contributed by atoms with Crippen molar-refractivity contribution >= 4 is 28.8 Å². The van der Waals surface area contributed by atoms with E-state index in [1.165, 1.54) is 27.1 Å². The minimum atomic E-state index is -0.388. The van der Waals surface area contributed by atoms with Crippen LogP contribution in [0.25, 0.3) is 11.1 Å². The Balaban J connectivity index is 1.08. The molecule has 2 N–H and O–H groups in total. The largest absolute Gasteiger partial charge is 0.339 e. The molecule has 0 unspecified atom stereocenters. The van der Waals surface area contributed by atoms with Gasteiger partial charge in [-0.2, -0.15) is 0 Å². The van der Waals surface area contributed by atoms with E-state index in [-0.39, 0.29) is 17.9 Å². The van der Waals surface area contributed by atoms with Gasteiger partial charge in [0.1, 0.15) is 0 Å². The normalized spacial score (nSPS) is 18.6. The number of thiophene rings is 1. The number of likely N-dealkylation sites (tertiary alicyclic amines) is 1. The van der Waals surface area contributed by atoms with Crippen LogP contribution in [0.5, 0.6) is 0 Å². The summed E-state index contributed by atoms with van der Waals surface area (Å²) < 4.78 is 0. The fourth-order valence-corrected chi connectivity index (χ4v) is 6.93. The number of hydrogen-bond acceptors (Lipinski definition) is 5. The molecule has 3 heterocycles. The highest BCUT2D eigenvalue weighted by Crippen LogP contribution is 2.28. The number of hydrogen-bond donors (Lipinski definition) is 1. The zero-order valence-electron chi connectivity index (χ0n) is 22.3. The van der Waals surface area contributed by atoms with Crippen LogP contribution < -0.4 is 5.73 Å². The molecule has 2 aliphatic rings. The number of nitrogens with zero attached hydrogens (tertiary/aromatic N) is 3. The zero-order chi connectivity index (χ0) is 26.5. The van der Waals surface area contributed by atoms with Gasteiger partial charge in [0.15, 0.2) is 0 Å². The molecule has 5 rings (SSSR count). The van der Waals surface area contributed by atoms with E-state index in [4.69, 9.17) is 17.3 Å². The van der Waals surface area contributed by atoms with Gasteiger partial charge in [0.25, 0.3) is 0 Å². The predicted octanol–water partition coefficient (Wildman–Crippen LogP) is 5.30. The molecule has 2 aliphatic heterocycles. The molecular formula is C31H39ClN4OS. The van der Waals surface area contributed by atoms with Crippen molar-refractivity contribution in [2.24, 2.45) is 11.7 Å². The number of nitrogens with two attached hydrogens (primary N) is 1. The van der Waals surface area contributed by atoms with Gasteiger partial charge in [0.05, 0.1) is 6.04 Å². The molecule has 1 aromatic heterocycles. The van der Waals surface area contributed by atoms with Crippen LogP contribution in [0, 0.1) is 12.8 Å². The molecule has 2 fully saturated rings. The Morgan fingerprint density at radius 2 is 1.74 bits per heavy atom. The second kappa shape index (κ2) is 12.8. The molecule has 0 radical (unpaired) electrons. The summed E-state index contributed by atoms with van der Waals surface area (Å²) in [4.78, 5) is 21.6. The smallest absolute Gasteiger partial charge is 0.239 e. The Bertz CT molecular complexity index is 1200. The summed E-state index contributed by atoms with van der Waals surface area (Å²) in [5, 5.41) is 2.94. The van der Waals surface area contributed by atoms with E-state index in [1.54, 1.807) is 0 Å². The summed E-state index contributed by atoms with van der Waals surface area (Å²) in [6, 6.07) is 18.5. The van der Waals surface area contributed by atoms with Gasteiger partial charge in [-0.25, -0.2) is 0 Å². The van der Waals surface area contributed by atoms with Crippen LogP contribution in [0.4, 0.5) is 0 Å². The number of carbonyl (C=O) groups excluding carboxylic acids is 1. The molecule has 202 valence electrons. The first-order valence-electron chi connectivity index (χ1n) is 13.8. The third-order valence-corrected chi connectivity index (χ3v) is 9.54. The maximum absolute atomic E-state index is 13.2. The number of amides is 1. The van der Waals surface area contributed by atoms with Crippen molar-refractivity contribution in [2.75, 3.05) is 45.8 Å². The molecular weight excluding hydrogens is 512 g/mol. The predicted molar refractivity (Wildman–Crippen MR) is 159 cm³/mol. The topological polar surface area (TPSA) is 52.8 Å². The van der Waals surface area contributed by atoms with Crippen LogP contribution in [0.2, 0.25) is 5.02 Å². The van der Waals surface area contributed by atoms with E-state index >= 15 is 0 Å². The molecule has 0 saturated carbocycles. The van der Waals surface area contributed by atoms with Gasteiger partial charge < -0.3 is 15.5 Å². The molecule has 38 heavy (non-hydrogen) atoms. The highest BCUT2D eigenvalue weighted by molar-refractivity contribution is 7.10. The average molecular weight is 551 g/mol. The summed E-state index contributed by atoms with van der Waals surface area (Å²) in [6.07, 6.45) is 2.91. The van der Waals surface area contributed by atoms with Gasteiger partial charge in [-0.3, -0.25) is 9.69 Å². The first-order valence-corrected chi connectivity index (χ1v) is 15.1. The number of rotatable bonds is 8. The Labute approximate surface area is 236 Å². The molecule has 1 atom stereocenters. The Kier molecular flexibility index (Phi) is 9.18. The maximum Gasteiger partial charge on any atom is 0.239 e. The van der Waals surface area contributed by atoms with E-state index in [9.17, 15) is 4.79 Å². The van der Waals surface area contributed by atoms with Crippen molar-refractivity contribution in [3.05, 3.63) is 81.0 Å². The summed E-state index contributed by atoms with van der Waals surface area (Å²) in [6.45, 7) is 9.51. The van der Waals surface area contributed by atoms with Crippen LogP contribution in [0.3, 0.4) is 0 Å². The lowest BCUT2D eigenvalue weighted by molar-refractivity contribution is -0.136. The molecule has 0 aliphatic carbocycles. The number of aryl methyl sites for hydroxylation is 1. The fraction of sp³-hybridized carbons (Fsp3) is 0.452. The molecule has 0 bridgehead atoms. The lowest BCUT2D eigenvalue weighted by Crippen LogP contribution is -2.55. The first-order chi connectivity index (χ1) is 18.5. The number of piperidine rings is 1. The van der Waals surface area contributed by atoms with Gasteiger partial charge in [-0.05, 0) is 91.0 Å². The lowest BCUT2D eigenvalue weighted by atomic mass is 9.88. The van der Waals surface area contributed by atoms with Gasteiger partial charge in [0.2, 0.25) is 5.91 Å². The van der Waals surface area contributed by atoms with Crippen LogP contribution in [-0.4, -0.2) is 72.5 Å². The van der Waals surface area contributed by atoms with Crippen molar-refractivity contribution in [1.29, 1.82) is 0 Å². The Morgan fingerprint density at radius 3 is 2.42 bits per heavy atom. The first kappa shape index (κ1) is 27.4. The van der Waals surface area contributed by atoms with Crippen molar-refractivity contribution < 1.29 is 4.79 Å². The van der Waals surface area contributed by atoms with Crippen LogP contribution in [0.15, 0.2) is 60.0 Å². The summed E-state index contributed by atoms with van der Waals surface area (Å²) in [5.74, 6) is 0.401. The van der Waals surface area contributed by atoms with Crippen molar-refractivity contribution in [2.45, 2.75) is 38.8 Å². The molecule has 0 spiro atoms. The number of benzene rings is 2. The zero-order valence-corrected chi connectivity index (χ0v) is 23.9. The Morgan fingerprint density at radius 1 is 1.00 bits per heavy atom. The monoisotopic (exact) mass is 550 g/mol. The van der Waals surface area contributed by atoms with Crippen molar-refractivity contribution in [3.8, 4) is 11.1 Å². The van der Waals surface area contributed by atoms with Gasteiger partial charge in [-0.1, -0.05) is 48.0 Å². The quantitative estimate of drug-likeness (QED) is 0.413. The highest BCUT2D eigenvalue weighted by Gasteiger charge is 2.32. The van der Waals surface area contributed by atoms with Crippen molar-refractivity contribution in [3.63, 3.8) is 0 Å². The molecule has 7 heteroatoms. The van der Waals surface area contributed by atoms with E-state index < -0.39 is 0 Å². The SMILES string of the molecule is Cc1ccsc1CN1CCN(C(=O)[C@H](N)C2CCN(CCc3cc(Cl)ccc3-c3ccccc3)CC2)CC1. The van der Waals surface area contributed by atoms with Crippen LogP contribution >= 0.6 is 22.9 Å². The number of halogens is 1. The lowest BCUT2D eigenvalue weighted by Gasteiger charge is -2.39. The number of piperazine rings is 1. The fourth-order valence-electron chi connectivity index (χ4n) is 5.79. The third kappa shape index (κ3) is 6.67. The van der Waals surface area contributed by atoms with Gasteiger partial charge in [-0.15, -0.1) is 11.3 Å². The summed E-state index contributed by atoms with van der Waals surface area (Å²) in [5.41, 5.74) is 11.7. The highest BCUT2D eigenvalue weighted by atomic mass is 35.5. The molecule has 1 amide bonds. The second-order valence-electron chi connectivity index (χ2n) is 10.8. The second-order valence-corrected chi connectivity index (χ2v) is 12.2. The third-order valence-electron chi connectivity index (χ3n) is 8.29. The molecule has 2 aromatic carbocycles. The van der Waals surface area contributed by atoms with E-state index in [1.807, 2.05) is 28.4 Å². The average Bonchev–Trinajstić information content (AvgIpc) is 3.36. The van der Waals surface area contributed by atoms with Crippen LogP contribution in [-0.2, 0) is 17.8 Å². The van der Waals surface area contributed by atoms with E-state index in [2.05, 4.69) is 64.6 Å². The Hall–Kier alpha value is -2.22. The molecule has 3 aromatic rings. The minimum Gasteiger partial charge on any atom is -0.339 e. The standard InChI is InChI=1S/C31H39ClN4OS/c1-23-12-20-38-29(23)22-35-16-18-36(19-17-35)31(37)30(33)25-9-13-34(14-10-25)15-11-26-21-27(32)7-8-28(26)24-5-3-2-4-6-24/h2-8,12,20-21,25,30H,9-11,13-19,22,33H2,1H3/t30-/m1/s1. The summed E-state index contributed by atoms with van der Waals surface area (Å²) >= 11 is 8.18. The van der Waals surface area contributed by atoms with E-state index in [0.717, 1.165) is 76.6 Å². The van der Waals surface area contributed by atoms with Gasteiger partial charge >= 0.3 is 0 Å². The molecule has 5 nitrogen and oxygen atoms in total. The minimum absolute atomic E-state index is 0.141. The van der Waals surface area contributed by atoms with E-state index in [0.29, 0.717) is 0 Å².